The van der Waals surface area contributed by atoms with Gasteiger partial charge in [0.05, 0.1) is 6.54 Å². The topological polar surface area (TPSA) is 37.8 Å². The fraction of sp³-hybridized carbons (Fsp3) is 0.286. The second kappa shape index (κ2) is 5.43. The van der Waals surface area contributed by atoms with Crippen molar-refractivity contribution in [2.24, 2.45) is 0 Å². The van der Waals surface area contributed by atoms with Gasteiger partial charge in [-0.3, -0.25) is 0 Å². The van der Waals surface area contributed by atoms with Crippen LogP contribution >= 0.6 is 0 Å². The Morgan fingerprint density at radius 2 is 1.76 bits per heavy atom. The molecule has 0 saturated carbocycles. The zero-order valence-electron chi connectivity index (χ0n) is 10.2. The van der Waals surface area contributed by atoms with E-state index in [1.54, 1.807) is 12.4 Å². The molecule has 0 unspecified atom stereocenters. The summed E-state index contributed by atoms with van der Waals surface area (Å²) in [6.07, 6.45) is 3.52. The number of hydrogen-bond donors (Lipinski definition) is 1. The minimum absolute atomic E-state index is 0.510. The summed E-state index contributed by atoms with van der Waals surface area (Å²) < 4.78 is 0. The number of nitrogens with zero attached hydrogens (tertiary/aromatic N) is 2. The van der Waals surface area contributed by atoms with E-state index in [0.717, 1.165) is 11.5 Å². The number of nitrogens with one attached hydrogen (secondary N) is 1. The van der Waals surface area contributed by atoms with Crippen LogP contribution in [0.2, 0.25) is 0 Å². The first kappa shape index (κ1) is 11.6. The molecule has 1 aromatic carbocycles. The lowest BCUT2D eigenvalue weighted by Gasteiger charge is -2.13. The Labute approximate surface area is 102 Å². The summed E-state index contributed by atoms with van der Waals surface area (Å²) >= 11 is 0. The molecule has 0 aliphatic heterocycles. The third kappa shape index (κ3) is 3.03. The molecule has 2 rings (SSSR count). The zero-order chi connectivity index (χ0) is 12.1. The van der Waals surface area contributed by atoms with Crippen LogP contribution in [0.15, 0.2) is 42.7 Å². The smallest absolute Gasteiger partial charge is 0.147 e. The molecule has 0 saturated heterocycles. The Morgan fingerprint density at radius 3 is 2.47 bits per heavy atom. The van der Waals surface area contributed by atoms with Crippen LogP contribution < -0.4 is 5.32 Å². The summed E-state index contributed by atoms with van der Waals surface area (Å²) in [7, 11) is 0. The summed E-state index contributed by atoms with van der Waals surface area (Å²) in [5, 5.41) is 3.39. The van der Waals surface area contributed by atoms with Gasteiger partial charge in [-0.2, -0.15) is 0 Å². The van der Waals surface area contributed by atoms with Crippen molar-refractivity contribution in [3.63, 3.8) is 0 Å². The van der Waals surface area contributed by atoms with Crippen molar-refractivity contribution in [2.45, 2.75) is 26.3 Å². The Morgan fingerprint density at radius 1 is 1.06 bits per heavy atom. The monoisotopic (exact) mass is 227 g/mol. The van der Waals surface area contributed by atoms with E-state index in [1.165, 1.54) is 5.56 Å². The molecule has 0 aliphatic carbocycles. The summed E-state index contributed by atoms with van der Waals surface area (Å²) in [4.78, 5) is 8.39. The van der Waals surface area contributed by atoms with Crippen molar-refractivity contribution in [3.05, 3.63) is 54.1 Å². The molecule has 0 radical (unpaired) electrons. The van der Waals surface area contributed by atoms with Crippen LogP contribution in [0.25, 0.3) is 0 Å². The highest BCUT2D eigenvalue weighted by molar-refractivity contribution is 5.52. The van der Waals surface area contributed by atoms with Crippen molar-refractivity contribution >= 4 is 5.69 Å². The van der Waals surface area contributed by atoms with Crippen LogP contribution in [-0.4, -0.2) is 9.97 Å². The van der Waals surface area contributed by atoms with Gasteiger partial charge in [0, 0.05) is 18.1 Å². The van der Waals surface area contributed by atoms with Gasteiger partial charge in [0.1, 0.15) is 5.82 Å². The SMILES string of the molecule is CC(C)c1ccccc1NCc1ncccn1. The highest BCUT2D eigenvalue weighted by Crippen LogP contribution is 2.23. The molecule has 0 amide bonds. The summed E-state index contributed by atoms with van der Waals surface area (Å²) in [5.41, 5.74) is 2.48. The maximum absolute atomic E-state index is 4.19. The van der Waals surface area contributed by atoms with Gasteiger partial charge in [0.2, 0.25) is 0 Å². The molecule has 17 heavy (non-hydrogen) atoms. The molecule has 1 N–H and O–H groups in total. The van der Waals surface area contributed by atoms with Crippen LogP contribution in [-0.2, 0) is 6.54 Å². The number of anilines is 1. The highest BCUT2D eigenvalue weighted by atomic mass is 15.0. The van der Waals surface area contributed by atoms with Gasteiger partial charge in [-0.25, -0.2) is 9.97 Å². The maximum Gasteiger partial charge on any atom is 0.147 e. The average Bonchev–Trinajstić information content (AvgIpc) is 2.38. The molecule has 3 nitrogen and oxygen atoms in total. The standard InChI is InChI=1S/C14H17N3/c1-11(2)12-6-3-4-7-13(12)17-10-14-15-8-5-9-16-14/h3-9,11,17H,10H2,1-2H3. The van der Waals surface area contributed by atoms with E-state index in [-0.39, 0.29) is 0 Å². The first-order valence-corrected chi connectivity index (χ1v) is 5.86. The normalized spacial score (nSPS) is 10.5. The quantitative estimate of drug-likeness (QED) is 0.871. The van der Waals surface area contributed by atoms with E-state index in [2.05, 4.69) is 47.3 Å². The molecule has 0 atom stereocenters. The summed E-state index contributed by atoms with van der Waals surface area (Å²) in [6, 6.07) is 10.2. The van der Waals surface area contributed by atoms with Gasteiger partial charge in [0.25, 0.3) is 0 Å². The van der Waals surface area contributed by atoms with Crippen LogP contribution in [0.4, 0.5) is 5.69 Å². The molecule has 2 aromatic rings. The molecule has 0 spiro atoms. The third-order valence-electron chi connectivity index (χ3n) is 2.64. The third-order valence-corrected chi connectivity index (χ3v) is 2.64. The van der Waals surface area contributed by atoms with Crippen LogP contribution in [0.3, 0.4) is 0 Å². The largest absolute Gasteiger partial charge is 0.378 e. The highest BCUT2D eigenvalue weighted by Gasteiger charge is 2.05. The number of benzene rings is 1. The number of hydrogen-bond acceptors (Lipinski definition) is 3. The van der Waals surface area contributed by atoms with Gasteiger partial charge >= 0.3 is 0 Å². The molecular weight excluding hydrogens is 210 g/mol. The van der Waals surface area contributed by atoms with Crippen molar-refractivity contribution in [1.82, 2.24) is 9.97 Å². The van der Waals surface area contributed by atoms with Crippen LogP contribution in [0.1, 0.15) is 31.2 Å². The molecule has 1 aromatic heterocycles. The van der Waals surface area contributed by atoms with E-state index in [9.17, 15) is 0 Å². The van der Waals surface area contributed by atoms with Crippen LogP contribution in [0.5, 0.6) is 0 Å². The first-order chi connectivity index (χ1) is 8.27. The molecule has 3 heteroatoms. The Hall–Kier alpha value is -1.90. The van der Waals surface area contributed by atoms with Crippen molar-refractivity contribution < 1.29 is 0 Å². The molecule has 0 fully saturated rings. The van der Waals surface area contributed by atoms with Gasteiger partial charge < -0.3 is 5.32 Å². The Bertz CT molecular complexity index is 466. The lowest BCUT2D eigenvalue weighted by molar-refractivity contribution is 0.861. The lowest BCUT2D eigenvalue weighted by atomic mass is 10.0. The Balaban J connectivity index is 2.09. The molecule has 1 heterocycles. The van der Waals surface area contributed by atoms with E-state index >= 15 is 0 Å². The van der Waals surface area contributed by atoms with E-state index < -0.39 is 0 Å². The van der Waals surface area contributed by atoms with E-state index in [1.807, 2.05) is 12.1 Å². The predicted octanol–water partition coefficient (Wildman–Crippen LogP) is 3.21. The minimum Gasteiger partial charge on any atom is -0.378 e. The molecule has 88 valence electrons. The van der Waals surface area contributed by atoms with Crippen molar-refractivity contribution in [2.75, 3.05) is 5.32 Å². The lowest BCUT2D eigenvalue weighted by Crippen LogP contribution is -2.06. The van der Waals surface area contributed by atoms with Crippen molar-refractivity contribution in [3.8, 4) is 0 Å². The van der Waals surface area contributed by atoms with E-state index in [4.69, 9.17) is 0 Å². The fourth-order valence-corrected chi connectivity index (χ4v) is 1.76. The fourth-order valence-electron chi connectivity index (χ4n) is 1.76. The van der Waals surface area contributed by atoms with Crippen LogP contribution in [0, 0.1) is 0 Å². The second-order valence-electron chi connectivity index (χ2n) is 4.26. The van der Waals surface area contributed by atoms with Gasteiger partial charge in [-0.05, 0) is 23.6 Å². The van der Waals surface area contributed by atoms with Crippen molar-refractivity contribution in [1.29, 1.82) is 0 Å². The molecule has 0 bridgehead atoms. The number of rotatable bonds is 4. The average molecular weight is 227 g/mol. The number of para-hydroxylation sites is 1. The molecular formula is C14H17N3. The maximum atomic E-state index is 4.19. The predicted molar refractivity (Wildman–Crippen MR) is 69.9 cm³/mol. The van der Waals surface area contributed by atoms with Gasteiger partial charge in [-0.15, -0.1) is 0 Å². The minimum atomic E-state index is 0.510. The molecule has 0 aliphatic rings. The number of aromatic nitrogens is 2. The Kier molecular flexibility index (Phi) is 3.70. The van der Waals surface area contributed by atoms with Gasteiger partial charge in [-0.1, -0.05) is 32.0 Å². The van der Waals surface area contributed by atoms with Gasteiger partial charge in [0.15, 0.2) is 0 Å². The zero-order valence-corrected chi connectivity index (χ0v) is 10.2. The summed E-state index contributed by atoms with van der Waals surface area (Å²) in [6.45, 7) is 5.05. The first-order valence-electron chi connectivity index (χ1n) is 5.86. The summed E-state index contributed by atoms with van der Waals surface area (Å²) in [5.74, 6) is 1.32. The second-order valence-corrected chi connectivity index (χ2v) is 4.26. The van der Waals surface area contributed by atoms with E-state index in [0.29, 0.717) is 12.5 Å².